The normalized spacial score (nSPS) is 25.2. The molecule has 2 bridgehead atoms. The molecule has 0 saturated heterocycles. The summed E-state index contributed by atoms with van der Waals surface area (Å²) in [5.74, 6) is -0.112. The number of hydrogen-bond acceptors (Lipinski definition) is 3. The summed E-state index contributed by atoms with van der Waals surface area (Å²) < 4.78 is 5.06. The smallest absolute Gasteiger partial charge is 0.311 e. The lowest BCUT2D eigenvalue weighted by Crippen LogP contribution is -2.58. The summed E-state index contributed by atoms with van der Waals surface area (Å²) in [6.45, 7) is 6.60. The Morgan fingerprint density at radius 1 is 0.871 bits per heavy atom. The molecule has 0 aromatic heterocycles. The quantitative estimate of drug-likeness (QED) is 0.652. The molecule has 5 rings (SSSR count). The maximum Gasteiger partial charge on any atom is 0.311 e. The third kappa shape index (κ3) is 4.00. The first-order valence-electron chi connectivity index (χ1n) is 11.3. The van der Waals surface area contributed by atoms with Crippen LogP contribution in [0.3, 0.4) is 0 Å². The maximum absolute atomic E-state index is 13.4. The maximum atomic E-state index is 13.4. The minimum Gasteiger partial charge on any atom is -0.469 e. The van der Waals surface area contributed by atoms with Crippen LogP contribution in [0.4, 0.5) is 0 Å². The van der Waals surface area contributed by atoms with Crippen LogP contribution in [0.15, 0.2) is 48.5 Å². The average Bonchev–Trinajstić information content (AvgIpc) is 2.79. The molecule has 1 N–H and O–H groups in total. The van der Waals surface area contributed by atoms with E-state index in [2.05, 4.69) is 50.4 Å². The second kappa shape index (κ2) is 7.81. The standard InChI is InChI=1S/C27H33NO3/c1-25(2,3)20-11-9-19(10-12-20)21-7-5-6-8-22(21)23(29)28-27-16-13-26(14-17-27,15-18-27)24(30)31-4/h5-12H,13-18H2,1-4H3,(H,28,29). The molecule has 0 unspecified atom stereocenters. The molecule has 3 aliphatic carbocycles. The summed E-state index contributed by atoms with van der Waals surface area (Å²) in [6, 6.07) is 16.3. The topological polar surface area (TPSA) is 55.4 Å². The summed E-state index contributed by atoms with van der Waals surface area (Å²) in [5, 5.41) is 3.37. The van der Waals surface area contributed by atoms with Gasteiger partial charge in [0.05, 0.1) is 12.5 Å². The lowest BCUT2D eigenvalue weighted by atomic mass is 9.57. The van der Waals surface area contributed by atoms with Gasteiger partial charge in [-0.1, -0.05) is 63.2 Å². The number of nitrogens with one attached hydrogen (secondary N) is 1. The summed E-state index contributed by atoms with van der Waals surface area (Å²) in [5.41, 5.74) is 3.52. The summed E-state index contributed by atoms with van der Waals surface area (Å²) in [6.07, 6.45) is 4.85. The second-order valence-corrected chi connectivity index (χ2v) is 10.4. The van der Waals surface area contributed by atoms with Crippen molar-refractivity contribution in [3.63, 3.8) is 0 Å². The highest BCUT2D eigenvalue weighted by molar-refractivity contribution is 6.01. The molecule has 3 saturated carbocycles. The molecule has 0 radical (unpaired) electrons. The third-order valence-corrected chi connectivity index (χ3v) is 7.48. The Morgan fingerprint density at radius 3 is 2.00 bits per heavy atom. The van der Waals surface area contributed by atoms with E-state index in [1.807, 2.05) is 24.3 Å². The van der Waals surface area contributed by atoms with Gasteiger partial charge >= 0.3 is 5.97 Å². The van der Waals surface area contributed by atoms with E-state index in [-0.39, 0.29) is 28.2 Å². The number of rotatable bonds is 4. The van der Waals surface area contributed by atoms with E-state index in [4.69, 9.17) is 4.74 Å². The van der Waals surface area contributed by atoms with Crippen LogP contribution in [0.2, 0.25) is 0 Å². The highest BCUT2D eigenvalue weighted by atomic mass is 16.5. The van der Waals surface area contributed by atoms with Gasteiger partial charge in [0.2, 0.25) is 0 Å². The number of benzene rings is 2. The number of hydrogen-bond donors (Lipinski definition) is 1. The molecule has 4 nitrogen and oxygen atoms in total. The first kappa shape index (κ1) is 21.6. The molecule has 31 heavy (non-hydrogen) atoms. The number of amides is 1. The highest BCUT2D eigenvalue weighted by Gasteiger charge is 2.53. The molecule has 2 aromatic carbocycles. The van der Waals surface area contributed by atoms with Crippen molar-refractivity contribution in [3.05, 3.63) is 59.7 Å². The van der Waals surface area contributed by atoms with E-state index >= 15 is 0 Å². The second-order valence-electron chi connectivity index (χ2n) is 10.4. The first-order chi connectivity index (χ1) is 14.7. The number of carbonyl (C=O) groups excluding carboxylic acids is 2. The van der Waals surface area contributed by atoms with Gasteiger partial charge in [-0.2, -0.15) is 0 Å². The van der Waals surface area contributed by atoms with Crippen molar-refractivity contribution in [1.82, 2.24) is 5.32 Å². The van der Waals surface area contributed by atoms with Gasteiger partial charge in [-0.05, 0) is 66.7 Å². The molecule has 0 spiro atoms. The fraction of sp³-hybridized carbons (Fsp3) is 0.481. The lowest BCUT2D eigenvalue weighted by molar-refractivity contribution is -0.160. The van der Waals surface area contributed by atoms with Crippen LogP contribution in [0.5, 0.6) is 0 Å². The third-order valence-electron chi connectivity index (χ3n) is 7.48. The van der Waals surface area contributed by atoms with Gasteiger partial charge in [0.15, 0.2) is 0 Å². The Hall–Kier alpha value is -2.62. The molecule has 2 aromatic rings. The average molecular weight is 420 g/mol. The fourth-order valence-corrected chi connectivity index (χ4v) is 5.29. The van der Waals surface area contributed by atoms with Crippen molar-refractivity contribution in [2.45, 2.75) is 70.3 Å². The fourth-order valence-electron chi connectivity index (χ4n) is 5.29. The van der Waals surface area contributed by atoms with Gasteiger partial charge in [0.25, 0.3) is 5.91 Å². The Balaban J connectivity index is 1.54. The van der Waals surface area contributed by atoms with E-state index in [0.29, 0.717) is 5.56 Å². The molecule has 4 heteroatoms. The van der Waals surface area contributed by atoms with Crippen molar-refractivity contribution in [3.8, 4) is 11.1 Å². The highest BCUT2D eigenvalue weighted by Crippen LogP contribution is 2.53. The van der Waals surface area contributed by atoms with Crippen LogP contribution in [-0.4, -0.2) is 24.5 Å². The van der Waals surface area contributed by atoms with E-state index in [1.165, 1.54) is 12.7 Å². The predicted octanol–water partition coefficient (Wildman–Crippen LogP) is 5.65. The van der Waals surface area contributed by atoms with Crippen LogP contribution in [0.25, 0.3) is 11.1 Å². The minimum atomic E-state index is -0.339. The number of ether oxygens (including phenoxy) is 1. The SMILES string of the molecule is COC(=O)C12CCC(NC(=O)c3ccccc3-c3ccc(C(C)(C)C)cc3)(CC1)CC2. The monoisotopic (exact) mass is 419 g/mol. The van der Waals surface area contributed by atoms with Gasteiger partial charge in [0.1, 0.15) is 0 Å². The van der Waals surface area contributed by atoms with Gasteiger partial charge in [0, 0.05) is 11.1 Å². The Morgan fingerprint density at radius 2 is 1.45 bits per heavy atom. The molecule has 1 amide bonds. The van der Waals surface area contributed by atoms with E-state index in [0.717, 1.165) is 49.7 Å². The molecule has 0 aliphatic heterocycles. The van der Waals surface area contributed by atoms with Gasteiger partial charge in [-0.3, -0.25) is 9.59 Å². The molecule has 0 atom stereocenters. The van der Waals surface area contributed by atoms with Gasteiger partial charge in [-0.25, -0.2) is 0 Å². The summed E-state index contributed by atoms with van der Waals surface area (Å²) in [7, 11) is 1.47. The Bertz CT molecular complexity index is 960. The molecule has 164 valence electrons. The van der Waals surface area contributed by atoms with Crippen LogP contribution >= 0.6 is 0 Å². The first-order valence-corrected chi connectivity index (χ1v) is 11.3. The number of methoxy groups -OCH3 is 1. The Labute approximate surface area is 185 Å². The molecule has 3 fully saturated rings. The molecular weight excluding hydrogens is 386 g/mol. The van der Waals surface area contributed by atoms with E-state index in [1.54, 1.807) is 0 Å². The van der Waals surface area contributed by atoms with Crippen molar-refractivity contribution in [2.75, 3.05) is 7.11 Å². The van der Waals surface area contributed by atoms with Crippen LogP contribution in [0.1, 0.15) is 75.2 Å². The largest absolute Gasteiger partial charge is 0.469 e. The molecular formula is C27H33NO3. The van der Waals surface area contributed by atoms with E-state index < -0.39 is 0 Å². The zero-order chi connectivity index (χ0) is 22.3. The lowest BCUT2D eigenvalue weighted by Gasteiger charge is -2.52. The molecule has 3 aliphatic rings. The Kier molecular flexibility index (Phi) is 5.45. The summed E-state index contributed by atoms with van der Waals surface area (Å²) >= 11 is 0. The minimum absolute atomic E-state index is 0.0250. The van der Waals surface area contributed by atoms with Crippen LogP contribution in [0, 0.1) is 5.41 Å². The van der Waals surface area contributed by atoms with Crippen LogP contribution < -0.4 is 5.32 Å². The zero-order valence-corrected chi connectivity index (χ0v) is 19.1. The van der Waals surface area contributed by atoms with E-state index in [9.17, 15) is 9.59 Å². The van der Waals surface area contributed by atoms with Crippen LogP contribution in [-0.2, 0) is 14.9 Å². The van der Waals surface area contributed by atoms with Gasteiger partial charge in [-0.15, -0.1) is 0 Å². The molecule has 0 heterocycles. The van der Waals surface area contributed by atoms with Gasteiger partial charge < -0.3 is 10.1 Å². The number of fused-ring (bicyclic) bond motifs is 3. The number of esters is 1. The predicted molar refractivity (Wildman–Crippen MR) is 123 cm³/mol. The van der Waals surface area contributed by atoms with Crippen molar-refractivity contribution in [2.24, 2.45) is 5.41 Å². The van der Waals surface area contributed by atoms with Crippen molar-refractivity contribution in [1.29, 1.82) is 0 Å². The number of carbonyl (C=O) groups is 2. The summed E-state index contributed by atoms with van der Waals surface area (Å²) in [4.78, 5) is 25.7. The zero-order valence-electron chi connectivity index (χ0n) is 19.1. The van der Waals surface area contributed by atoms with Crippen molar-refractivity contribution < 1.29 is 14.3 Å². The van der Waals surface area contributed by atoms with Crippen molar-refractivity contribution >= 4 is 11.9 Å².